The Morgan fingerprint density at radius 2 is 1.78 bits per heavy atom. The van der Waals surface area contributed by atoms with E-state index < -0.39 is 0 Å². The Hall–Kier alpha value is -2.24. The minimum atomic E-state index is -0.320. The third-order valence-corrected chi connectivity index (χ3v) is 6.21. The summed E-state index contributed by atoms with van der Waals surface area (Å²) in [6, 6.07) is 5.51. The second-order valence-electron chi connectivity index (χ2n) is 7.87. The molecular weight excluding hydrogens is 344 g/mol. The van der Waals surface area contributed by atoms with E-state index in [0.29, 0.717) is 35.6 Å². The first-order valence-corrected chi connectivity index (χ1v) is 9.76. The molecule has 0 radical (unpaired) electrons. The van der Waals surface area contributed by atoms with Crippen LogP contribution in [0.1, 0.15) is 39.5 Å². The van der Waals surface area contributed by atoms with Crippen LogP contribution in [0, 0.1) is 17.8 Å². The van der Waals surface area contributed by atoms with E-state index in [1.807, 2.05) is 4.90 Å². The maximum Gasteiger partial charge on any atom is 0.229 e. The molecule has 1 aromatic rings. The number of likely N-dealkylation sites (tertiary alicyclic amines) is 1. The van der Waals surface area contributed by atoms with Crippen LogP contribution in [0.3, 0.4) is 0 Å². The van der Waals surface area contributed by atoms with Crippen LogP contribution in [-0.4, -0.2) is 43.5 Å². The van der Waals surface area contributed by atoms with Crippen LogP contribution in [0.4, 0.5) is 5.69 Å². The molecule has 6 nitrogen and oxygen atoms in total. The van der Waals surface area contributed by atoms with Crippen molar-refractivity contribution < 1.29 is 19.1 Å². The zero-order chi connectivity index (χ0) is 19.6. The number of hydrogen-bond donors (Lipinski definition) is 1. The zero-order valence-electron chi connectivity index (χ0n) is 16.7. The first kappa shape index (κ1) is 19.5. The molecule has 1 aliphatic carbocycles. The molecular formula is C21H30N2O4. The molecule has 1 heterocycles. The average molecular weight is 374 g/mol. The lowest BCUT2D eigenvalue weighted by Crippen LogP contribution is -2.45. The summed E-state index contributed by atoms with van der Waals surface area (Å²) in [7, 11) is 3.14. The summed E-state index contributed by atoms with van der Waals surface area (Å²) >= 11 is 0. The summed E-state index contributed by atoms with van der Waals surface area (Å²) < 4.78 is 10.5. The number of carbonyl (C=O) groups excluding carboxylic acids is 2. The predicted molar refractivity (Wildman–Crippen MR) is 104 cm³/mol. The van der Waals surface area contributed by atoms with Crippen molar-refractivity contribution in [3.63, 3.8) is 0 Å². The second-order valence-corrected chi connectivity index (χ2v) is 7.87. The summed E-state index contributed by atoms with van der Waals surface area (Å²) in [6.45, 7) is 5.00. The van der Waals surface area contributed by atoms with E-state index >= 15 is 0 Å². The van der Waals surface area contributed by atoms with Gasteiger partial charge < -0.3 is 19.7 Å². The number of nitrogens with one attached hydrogen (secondary N) is 1. The Labute approximate surface area is 161 Å². The van der Waals surface area contributed by atoms with Gasteiger partial charge in [-0.25, -0.2) is 0 Å². The fourth-order valence-corrected chi connectivity index (χ4v) is 4.35. The van der Waals surface area contributed by atoms with Crippen molar-refractivity contribution in [2.45, 2.75) is 45.6 Å². The summed E-state index contributed by atoms with van der Waals surface area (Å²) in [5.74, 6) is 1.97. The van der Waals surface area contributed by atoms with Crippen LogP contribution in [0.2, 0.25) is 0 Å². The Bertz CT molecular complexity index is 683. The van der Waals surface area contributed by atoms with Crippen molar-refractivity contribution in [1.29, 1.82) is 0 Å². The molecule has 27 heavy (non-hydrogen) atoms. The van der Waals surface area contributed by atoms with Crippen LogP contribution < -0.4 is 14.8 Å². The first-order valence-electron chi connectivity index (χ1n) is 9.76. The molecule has 2 amide bonds. The van der Waals surface area contributed by atoms with E-state index in [1.54, 1.807) is 32.4 Å². The predicted octanol–water partition coefficient (Wildman–Crippen LogP) is 3.32. The maximum absolute atomic E-state index is 12.8. The molecule has 6 heteroatoms. The van der Waals surface area contributed by atoms with Gasteiger partial charge in [0.2, 0.25) is 11.8 Å². The van der Waals surface area contributed by atoms with Crippen molar-refractivity contribution >= 4 is 17.5 Å². The Morgan fingerprint density at radius 3 is 2.41 bits per heavy atom. The molecule has 1 saturated heterocycles. The number of carbonyl (C=O) groups is 2. The highest BCUT2D eigenvalue weighted by Gasteiger charge is 2.41. The van der Waals surface area contributed by atoms with E-state index in [0.717, 1.165) is 12.8 Å². The van der Waals surface area contributed by atoms with Gasteiger partial charge in [0.25, 0.3) is 0 Å². The molecule has 148 valence electrons. The fourth-order valence-electron chi connectivity index (χ4n) is 4.35. The number of benzene rings is 1. The molecule has 2 fully saturated rings. The number of amides is 2. The Balaban J connectivity index is 1.67. The number of methoxy groups -OCH3 is 2. The van der Waals surface area contributed by atoms with Crippen molar-refractivity contribution in [3.05, 3.63) is 18.2 Å². The van der Waals surface area contributed by atoms with Gasteiger partial charge in [0, 0.05) is 42.9 Å². The molecule has 2 aliphatic rings. The highest BCUT2D eigenvalue weighted by molar-refractivity contribution is 5.97. The van der Waals surface area contributed by atoms with Crippen LogP contribution in [0.15, 0.2) is 18.2 Å². The third-order valence-electron chi connectivity index (χ3n) is 6.21. The summed E-state index contributed by atoms with van der Waals surface area (Å²) in [5.41, 5.74) is 0.613. The summed E-state index contributed by atoms with van der Waals surface area (Å²) in [6.07, 6.45) is 3.70. The van der Waals surface area contributed by atoms with Crippen molar-refractivity contribution in [3.8, 4) is 11.5 Å². The van der Waals surface area contributed by atoms with E-state index in [9.17, 15) is 9.59 Å². The SMILES string of the molecule is COc1cc(NC(=O)[C@@H]2CC(=O)N([C@@H]3CCC[C@H](C)[C@H]3C)C2)cc(OC)c1. The molecule has 4 atom stereocenters. The quantitative estimate of drug-likeness (QED) is 0.859. The van der Waals surface area contributed by atoms with Gasteiger partial charge in [-0.3, -0.25) is 9.59 Å². The van der Waals surface area contributed by atoms with E-state index in [2.05, 4.69) is 19.2 Å². The van der Waals surface area contributed by atoms with Crippen LogP contribution >= 0.6 is 0 Å². The van der Waals surface area contributed by atoms with Gasteiger partial charge in [-0.15, -0.1) is 0 Å². The van der Waals surface area contributed by atoms with Crippen LogP contribution in [0.5, 0.6) is 11.5 Å². The third kappa shape index (κ3) is 4.20. The smallest absolute Gasteiger partial charge is 0.229 e. The number of anilines is 1. The lowest BCUT2D eigenvalue weighted by atomic mass is 9.77. The number of rotatable bonds is 5. The monoisotopic (exact) mass is 374 g/mol. The van der Waals surface area contributed by atoms with E-state index in [1.165, 1.54) is 6.42 Å². The highest BCUT2D eigenvalue weighted by atomic mass is 16.5. The lowest BCUT2D eigenvalue weighted by Gasteiger charge is -2.40. The number of hydrogen-bond acceptors (Lipinski definition) is 4. The van der Waals surface area contributed by atoms with E-state index in [4.69, 9.17) is 9.47 Å². The Kier molecular flexibility index (Phi) is 5.92. The second kappa shape index (κ2) is 8.19. The van der Waals surface area contributed by atoms with Gasteiger partial charge in [0.05, 0.1) is 20.1 Å². The standard InChI is InChI=1S/C21H30N2O4/c1-13-6-5-7-19(14(13)2)23-12-15(8-20(23)24)21(25)22-16-9-17(26-3)11-18(10-16)27-4/h9-11,13-15,19H,5-8,12H2,1-4H3,(H,22,25)/t13-,14+,15+,19+/m0/s1. The minimum Gasteiger partial charge on any atom is -0.497 e. The van der Waals surface area contributed by atoms with Gasteiger partial charge >= 0.3 is 0 Å². The summed E-state index contributed by atoms with van der Waals surface area (Å²) in [4.78, 5) is 27.3. The van der Waals surface area contributed by atoms with Gasteiger partial charge in [0.1, 0.15) is 11.5 Å². The van der Waals surface area contributed by atoms with Gasteiger partial charge in [-0.1, -0.05) is 26.7 Å². The van der Waals surface area contributed by atoms with Crippen LogP contribution in [0.25, 0.3) is 0 Å². The zero-order valence-corrected chi connectivity index (χ0v) is 16.7. The van der Waals surface area contributed by atoms with Gasteiger partial charge in [-0.05, 0) is 18.3 Å². The topological polar surface area (TPSA) is 67.9 Å². The molecule has 3 rings (SSSR count). The van der Waals surface area contributed by atoms with E-state index in [-0.39, 0.29) is 30.2 Å². The first-order chi connectivity index (χ1) is 12.9. The Morgan fingerprint density at radius 1 is 1.11 bits per heavy atom. The van der Waals surface area contributed by atoms with Gasteiger partial charge in [-0.2, -0.15) is 0 Å². The lowest BCUT2D eigenvalue weighted by molar-refractivity contribution is -0.131. The number of nitrogens with zero attached hydrogens (tertiary/aromatic N) is 1. The molecule has 0 aromatic heterocycles. The van der Waals surface area contributed by atoms with Gasteiger partial charge in [0.15, 0.2) is 0 Å². The molecule has 1 aromatic carbocycles. The summed E-state index contributed by atoms with van der Waals surface area (Å²) in [5, 5.41) is 2.92. The van der Waals surface area contributed by atoms with Crippen molar-refractivity contribution in [1.82, 2.24) is 4.90 Å². The molecule has 1 N–H and O–H groups in total. The maximum atomic E-state index is 12.8. The van der Waals surface area contributed by atoms with Crippen molar-refractivity contribution in [2.75, 3.05) is 26.1 Å². The average Bonchev–Trinajstić information content (AvgIpc) is 3.05. The highest BCUT2D eigenvalue weighted by Crippen LogP contribution is 2.36. The minimum absolute atomic E-state index is 0.101. The molecule has 0 bridgehead atoms. The van der Waals surface area contributed by atoms with Crippen molar-refractivity contribution in [2.24, 2.45) is 17.8 Å². The largest absolute Gasteiger partial charge is 0.497 e. The molecule has 1 saturated carbocycles. The van der Waals surface area contributed by atoms with Crippen LogP contribution in [-0.2, 0) is 9.59 Å². The number of ether oxygens (including phenoxy) is 2. The molecule has 0 spiro atoms. The molecule has 0 unspecified atom stereocenters. The fraction of sp³-hybridized carbons (Fsp3) is 0.619. The normalized spacial score (nSPS) is 28.1. The molecule has 1 aliphatic heterocycles.